The summed E-state index contributed by atoms with van der Waals surface area (Å²) in [5.74, 6) is -0.688. The van der Waals surface area contributed by atoms with Crippen LogP contribution < -0.4 is 9.47 Å². The summed E-state index contributed by atoms with van der Waals surface area (Å²) in [7, 11) is 0. The van der Waals surface area contributed by atoms with Crippen LogP contribution in [0.4, 0.5) is 0 Å². The van der Waals surface area contributed by atoms with Crippen molar-refractivity contribution in [1.29, 1.82) is 10.5 Å². The van der Waals surface area contributed by atoms with Crippen molar-refractivity contribution < 1.29 is 28.4 Å². The molecule has 28 heavy (non-hydrogen) atoms. The van der Waals surface area contributed by atoms with E-state index in [0.717, 1.165) is 0 Å². The van der Waals surface area contributed by atoms with Crippen LogP contribution in [-0.4, -0.2) is 50.2 Å². The van der Waals surface area contributed by atoms with Gasteiger partial charge in [-0.1, -0.05) is 0 Å². The zero-order valence-electron chi connectivity index (χ0n) is 16.5. The van der Waals surface area contributed by atoms with Crippen molar-refractivity contribution in [1.82, 2.24) is 0 Å². The summed E-state index contributed by atoms with van der Waals surface area (Å²) in [6.07, 6.45) is -0.489. The molecule has 0 amide bonds. The standard InChI is InChI=1S/C20H24N2O6/c1-19(2)25-11-13(27-19)9-23-17-5-6-18(16(8-22)15(17)7-21)24-10-14-12-26-20(3,4)28-14/h5-6,13-14H,9-12H2,1-4H3. The minimum atomic E-state index is -0.651. The summed E-state index contributed by atoms with van der Waals surface area (Å²) in [5, 5.41) is 19.1. The van der Waals surface area contributed by atoms with Gasteiger partial charge in [-0.25, -0.2) is 0 Å². The molecule has 3 rings (SSSR count). The average Bonchev–Trinajstić information content (AvgIpc) is 3.18. The van der Waals surface area contributed by atoms with Gasteiger partial charge in [-0.05, 0) is 39.8 Å². The quantitative estimate of drug-likeness (QED) is 0.732. The van der Waals surface area contributed by atoms with Crippen molar-refractivity contribution in [3.05, 3.63) is 23.3 Å². The first-order valence-corrected chi connectivity index (χ1v) is 9.09. The molecule has 2 heterocycles. The molecule has 0 radical (unpaired) electrons. The molecule has 0 aliphatic carbocycles. The third-order valence-corrected chi connectivity index (χ3v) is 4.34. The van der Waals surface area contributed by atoms with Gasteiger partial charge in [0.2, 0.25) is 0 Å². The Kier molecular flexibility index (Phi) is 5.78. The van der Waals surface area contributed by atoms with E-state index in [4.69, 9.17) is 28.4 Å². The topological polar surface area (TPSA) is 103 Å². The van der Waals surface area contributed by atoms with Gasteiger partial charge in [-0.2, -0.15) is 10.5 Å². The molecule has 2 aliphatic rings. The fourth-order valence-corrected chi connectivity index (χ4v) is 3.08. The van der Waals surface area contributed by atoms with Gasteiger partial charge in [0.05, 0.1) is 13.2 Å². The maximum absolute atomic E-state index is 9.54. The van der Waals surface area contributed by atoms with Crippen molar-refractivity contribution in [2.24, 2.45) is 0 Å². The van der Waals surface area contributed by atoms with E-state index in [1.165, 1.54) is 0 Å². The second kappa shape index (κ2) is 7.94. The Hall–Kier alpha value is -2.36. The second-order valence-electron chi connectivity index (χ2n) is 7.56. The molecule has 2 aliphatic heterocycles. The third kappa shape index (κ3) is 4.73. The zero-order chi connectivity index (χ0) is 20.4. The summed E-state index contributed by atoms with van der Waals surface area (Å²) in [4.78, 5) is 0. The van der Waals surface area contributed by atoms with E-state index in [-0.39, 0.29) is 36.5 Å². The van der Waals surface area contributed by atoms with Crippen LogP contribution in [0.3, 0.4) is 0 Å². The monoisotopic (exact) mass is 388 g/mol. The van der Waals surface area contributed by atoms with Crippen molar-refractivity contribution >= 4 is 0 Å². The van der Waals surface area contributed by atoms with Gasteiger partial charge in [0, 0.05) is 0 Å². The molecule has 0 N–H and O–H groups in total. The number of ether oxygens (including phenoxy) is 6. The Balaban J connectivity index is 1.67. The first kappa shape index (κ1) is 20.4. The van der Waals surface area contributed by atoms with E-state index in [9.17, 15) is 10.5 Å². The highest BCUT2D eigenvalue weighted by atomic mass is 16.8. The number of hydrogen-bond acceptors (Lipinski definition) is 8. The van der Waals surface area contributed by atoms with Crippen LogP contribution in [-0.2, 0) is 18.9 Å². The summed E-state index contributed by atoms with van der Waals surface area (Å²) in [5.41, 5.74) is 0.254. The minimum absolute atomic E-state index is 0.127. The van der Waals surface area contributed by atoms with Crippen molar-refractivity contribution in [2.45, 2.75) is 51.5 Å². The Bertz CT molecular complexity index is 741. The molecular formula is C20H24N2O6. The maximum atomic E-state index is 9.54. The smallest absolute Gasteiger partial charge is 0.163 e. The number of rotatable bonds is 6. The van der Waals surface area contributed by atoms with Crippen LogP contribution in [0.25, 0.3) is 0 Å². The molecule has 8 heteroatoms. The predicted octanol–water partition coefficient (Wildman–Crippen LogP) is 2.49. The molecule has 2 fully saturated rings. The molecule has 150 valence electrons. The van der Waals surface area contributed by atoms with Crippen LogP contribution in [0.15, 0.2) is 12.1 Å². The van der Waals surface area contributed by atoms with E-state index in [1.54, 1.807) is 12.1 Å². The molecule has 2 saturated heterocycles. The molecule has 0 saturated carbocycles. The van der Waals surface area contributed by atoms with E-state index < -0.39 is 11.6 Å². The molecule has 0 spiro atoms. The lowest BCUT2D eigenvalue weighted by Gasteiger charge is -2.19. The number of hydrogen-bond donors (Lipinski definition) is 0. The average molecular weight is 388 g/mol. The van der Waals surface area contributed by atoms with Gasteiger partial charge in [0.25, 0.3) is 0 Å². The van der Waals surface area contributed by atoms with E-state index in [2.05, 4.69) is 0 Å². The lowest BCUT2D eigenvalue weighted by Crippen LogP contribution is -2.25. The Morgan fingerprint density at radius 2 is 1.25 bits per heavy atom. The van der Waals surface area contributed by atoms with Gasteiger partial charge < -0.3 is 28.4 Å². The Morgan fingerprint density at radius 3 is 1.54 bits per heavy atom. The summed E-state index contributed by atoms with van der Waals surface area (Å²) in [6.45, 7) is 8.54. The van der Waals surface area contributed by atoms with E-state index in [1.807, 2.05) is 39.8 Å². The van der Waals surface area contributed by atoms with Crippen LogP contribution in [0.1, 0.15) is 38.8 Å². The van der Waals surface area contributed by atoms with Gasteiger partial charge in [-0.3, -0.25) is 0 Å². The maximum Gasteiger partial charge on any atom is 0.163 e. The second-order valence-corrected chi connectivity index (χ2v) is 7.56. The molecule has 0 aromatic heterocycles. The summed E-state index contributed by atoms with van der Waals surface area (Å²) >= 11 is 0. The molecular weight excluding hydrogens is 364 g/mol. The van der Waals surface area contributed by atoms with Crippen LogP contribution >= 0.6 is 0 Å². The number of nitrogens with zero attached hydrogens (tertiary/aromatic N) is 2. The van der Waals surface area contributed by atoms with Crippen LogP contribution in [0.2, 0.25) is 0 Å². The molecule has 8 nitrogen and oxygen atoms in total. The van der Waals surface area contributed by atoms with Crippen LogP contribution in [0, 0.1) is 22.7 Å². The van der Waals surface area contributed by atoms with Gasteiger partial charge >= 0.3 is 0 Å². The Morgan fingerprint density at radius 1 is 0.857 bits per heavy atom. The van der Waals surface area contributed by atoms with Crippen molar-refractivity contribution in [3.63, 3.8) is 0 Å². The highest BCUT2D eigenvalue weighted by Crippen LogP contribution is 2.31. The molecule has 2 atom stereocenters. The largest absolute Gasteiger partial charge is 0.489 e. The third-order valence-electron chi connectivity index (χ3n) is 4.34. The van der Waals surface area contributed by atoms with Gasteiger partial charge in [0.15, 0.2) is 11.6 Å². The minimum Gasteiger partial charge on any atom is -0.489 e. The lowest BCUT2D eigenvalue weighted by molar-refractivity contribution is -0.142. The van der Waals surface area contributed by atoms with Crippen LogP contribution in [0.5, 0.6) is 11.5 Å². The SMILES string of the molecule is CC1(C)OCC(COc2ccc(OCC3COC(C)(C)O3)c(C#N)c2C#N)O1. The van der Waals surface area contributed by atoms with Gasteiger partial charge in [0.1, 0.15) is 60.2 Å². The first-order valence-electron chi connectivity index (χ1n) is 9.09. The zero-order valence-corrected chi connectivity index (χ0v) is 16.5. The normalized spacial score (nSPS) is 25.1. The first-order chi connectivity index (χ1) is 13.2. The Labute approximate surface area is 164 Å². The van der Waals surface area contributed by atoms with E-state index >= 15 is 0 Å². The molecule has 1 aromatic rings. The summed E-state index contributed by atoms with van der Waals surface area (Å²) in [6, 6.07) is 7.30. The summed E-state index contributed by atoms with van der Waals surface area (Å²) < 4.78 is 33.8. The van der Waals surface area contributed by atoms with E-state index in [0.29, 0.717) is 24.7 Å². The van der Waals surface area contributed by atoms with Crippen molar-refractivity contribution in [3.8, 4) is 23.6 Å². The highest BCUT2D eigenvalue weighted by Gasteiger charge is 2.34. The fourth-order valence-electron chi connectivity index (χ4n) is 3.08. The highest BCUT2D eigenvalue weighted by molar-refractivity contribution is 5.60. The fraction of sp³-hybridized carbons (Fsp3) is 0.600. The molecule has 1 aromatic carbocycles. The van der Waals surface area contributed by atoms with Crippen molar-refractivity contribution in [2.75, 3.05) is 26.4 Å². The number of nitriles is 2. The molecule has 0 bridgehead atoms. The number of benzene rings is 1. The molecule has 2 unspecified atom stereocenters. The predicted molar refractivity (Wildman–Crippen MR) is 96.7 cm³/mol. The lowest BCUT2D eigenvalue weighted by atomic mass is 10.1. The van der Waals surface area contributed by atoms with Gasteiger partial charge in [-0.15, -0.1) is 0 Å².